The molecule has 3 rings (SSSR count). The van der Waals surface area contributed by atoms with Gasteiger partial charge in [-0.2, -0.15) is 8.78 Å². The molecular weight excluding hydrogens is 392 g/mol. The van der Waals surface area contributed by atoms with E-state index in [0.29, 0.717) is 23.8 Å². The third kappa shape index (κ3) is 5.69. The van der Waals surface area contributed by atoms with Gasteiger partial charge in [0.25, 0.3) is 0 Å². The first-order valence-corrected chi connectivity index (χ1v) is 9.24. The Kier molecular flexibility index (Phi) is 7.20. The maximum atomic E-state index is 12.7. The van der Waals surface area contributed by atoms with Crippen LogP contribution in [0.5, 0.6) is 11.5 Å². The number of methoxy groups -OCH3 is 1. The van der Waals surface area contributed by atoms with Crippen molar-refractivity contribution in [1.29, 1.82) is 0 Å². The molecule has 0 aliphatic carbocycles. The van der Waals surface area contributed by atoms with Gasteiger partial charge in [-0.25, -0.2) is 4.98 Å². The Hall–Kier alpha value is -3.62. The van der Waals surface area contributed by atoms with Crippen LogP contribution in [0.15, 0.2) is 59.7 Å². The van der Waals surface area contributed by atoms with Crippen LogP contribution in [0.1, 0.15) is 11.4 Å². The fraction of sp³-hybridized carbons (Fsp3) is 0.238. The minimum Gasteiger partial charge on any atom is -0.497 e. The minimum absolute atomic E-state index is 0.0762. The van der Waals surface area contributed by atoms with Crippen LogP contribution in [-0.4, -0.2) is 36.7 Å². The summed E-state index contributed by atoms with van der Waals surface area (Å²) in [6.07, 6.45) is 1.77. The number of guanidine groups is 1. The van der Waals surface area contributed by atoms with Gasteiger partial charge in [-0.15, -0.1) is 0 Å². The average Bonchev–Trinajstić information content (AvgIpc) is 3.24. The molecular formula is C21H23F2N5O2. The molecule has 9 heteroatoms. The predicted octanol–water partition coefficient (Wildman–Crippen LogP) is 3.55. The number of nitrogens with one attached hydrogen (secondary N) is 3. The smallest absolute Gasteiger partial charge is 0.387 e. The Morgan fingerprint density at radius 1 is 1.13 bits per heavy atom. The van der Waals surface area contributed by atoms with Gasteiger partial charge in [0.15, 0.2) is 5.96 Å². The number of alkyl halides is 2. The summed E-state index contributed by atoms with van der Waals surface area (Å²) in [5.41, 5.74) is 2.48. The highest BCUT2D eigenvalue weighted by molar-refractivity contribution is 5.79. The van der Waals surface area contributed by atoms with Gasteiger partial charge in [0.1, 0.15) is 17.3 Å². The maximum Gasteiger partial charge on any atom is 0.387 e. The summed E-state index contributed by atoms with van der Waals surface area (Å²) in [6.45, 7) is -2.29. The molecule has 0 saturated carbocycles. The van der Waals surface area contributed by atoms with Crippen LogP contribution in [0.2, 0.25) is 0 Å². The highest BCUT2D eigenvalue weighted by atomic mass is 19.3. The lowest BCUT2D eigenvalue weighted by Gasteiger charge is -2.15. The number of hydrogen-bond acceptors (Lipinski definition) is 4. The number of H-pyrrole nitrogens is 1. The Labute approximate surface area is 173 Å². The first kappa shape index (κ1) is 21.1. The number of imidazole rings is 1. The van der Waals surface area contributed by atoms with E-state index in [1.165, 1.54) is 13.2 Å². The third-order valence-electron chi connectivity index (χ3n) is 4.29. The van der Waals surface area contributed by atoms with Crippen molar-refractivity contribution in [2.75, 3.05) is 14.2 Å². The summed E-state index contributed by atoms with van der Waals surface area (Å²) in [5.74, 6) is 1.84. The topological polar surface area (TPSA) is 83.6 Å². The van der Waals surface area contributed by atoms with E-state index >= 15 is 0 Å². The van der Waals surface area contributed by atoms with E-state index < -0.39 is 6.61 Å². The molecule has 30 heavy (non-hydrogen) atoms. The zero-order valence-electron chi connectivity index (χ0n) is 16.7. The first-order chi connectivity index (χ1) is 14.6. The molecule has 0 aliphatic rings. The lowest BCUT2D eigenvalue weighted by Crippen LogP contribution is -2.36. The van der Waals surface area contributed by atoms with Crippen LogP contribution in [0, 0.1) is 0 Å². The van der Waals surface area contributed by atoms with E-state index in [9.17, 15) is 8.78 Å². The molecule has 0 spiro atoms. The number of halogens is 2. The summed E-state index contributed by atoms with van der Waals surface area (Å²) in [5, 5.41) is 6.21. The molecule has 0 aliphatic heterocycles. The number of nitrogens with zero attached hydrogens (tertiary/aromatic N) is 2. The molecule has 158 valence electrons. The second-order valence-corrected chi connectivity index (χ2v) is 6.24. The number of benzene rings is 2. The van der Waals surface area contributed by atoms with Crippen molar-refractivity contribution in [2.45, 2.75) is 19.7 Å². The molecule has 0 saturated heterocycles. The average molecular weight is 415 g/mol. The van der Waals surface area contributed by atoms with Crippen molar-refractivity contribution < 1.29 is 18.3 Å². The number of aliphatic imine (C=N–C) groups is 1. The van der Waals surface area contributed by atoms with Crippen LogP contribution in [0.4, 0.5) is 8.78 Å². The molecule has 1 aromatic heterocycles. The Balaban J connectivity index is 1.60. The van der Waals surface area contributed by atoms with Gasteiger partial charge in [0, 0.05) is 19.2 Å². The van der Waals surface area contributed by atoms with Crippen molar-refractivity contribution in [1.82, 2.24) is 20.6 Å². The highest BCUT2D eigenvalue weighted by Crippen LogP contribution is 2.25. The van der Waals surface area contributed by atoms with Crippen molar-refractivity contribution in [3.63, 3.8) is 0 Å². The number of hydrogen-bond donors (Lipinski definition) is 3. The normalized spacial score (nSPS) is 11.4. The standard InChI is InChI=1S/C21H23F2N5O2/c1-24-21(26-11-15-10-16(29-2)8-9-18(15)30-20(22)23)27-13-19-25-12-17(28-19)14-6-4-3-5-7-14/h3-10,12,20H,11,13H2,1-2H3,(H,25,28)(H2,24,26,27). The zero-order chi connectivity index (χ0) is 21.3. The summed E-state index contributed by atoms with van der Waals surface area (Å²) in [4.78, 5) is 11.8. The van der Waals surface area contributed by atoms with E-state index in [1.54, 1.807) is 25.4 Å². The second kappa shape index (κ2) is 10.2. The van der Waals surface area contributed by atoms with Gasteiger partial charge in [0.2, 0.25) is 0 Å². The van der Waals surface area contributed by atoms with Crippen molar-refractivity contribution >= 4 is 5.96 Å². The van der Waals surface area contributed by atoms with E-state index in [-0.39, 0.29) is 12.3 Å². The molecule has 2 aromatic carbocycles. The SMILES string of the molecule is CN=C(NCc1ncc(-c2ccccc2)[nH]1)NCc1cc(OC)ccc1OC(F)F. The summed E-state index contributed by atoms with van der Waals surface area (Å²) in [7, 11) is 3.13. The third-order valence-corrected chi connectivity index (χ3v) is 4.29. The molecule has 3 aromatic rings. The molecule has 0 bridgehead atoms. The van der Waals surface area contributed by atoms with Crippen LogP contribution in [0.3, 0.4) is 0 Å². The van der Waals surface area contributed by atoms with Crippen LogP contribution < -0.4 is 20.1 Å². The molecule has 0 unspecified atom stereocenters. The maximum absolute atomic E-state index is 12.7. The molecule has 0 fully saturated rings. The number of rotatable bonds is 8. The number of aromatic nitrogens is 2. The van der Waals surface area contributed by atoms with Crippen molar-refractivity contribution in [2.24, 2.45) is 4.99 Å². The lowest BCUT2D eigenvalue weighted by molar-refractivity contribution is -0.0504. The van der Waals surface area contributed by atoms with Crippen LogP contribution >= 0.6 is 0 Å². The Morgan fingerprint density at radius 3 is 2.60 bits per heavy atom. The summed E-state index contributed by atoms with van der Waals surface area (Å²) in [6, 6.07) is 14.5. The van der Waals surface area contributed by atoms with Gasteiger partial charge in [-0.1, -0.05) is 30.3 Å². The van der Waals surface area contributed by atoms with Crippen molar-refractivity contribution in [3.8, 4) is 22.8 Å². The second-order valence-electron chi connectivity index (χ2n) is 6.24. The number of aromatic amines is 1. The molecule has 3 N–H and O–H groups in total. The number of ether oxygens (including phenoxy) is 2. The van der Waals surface area contributed by atoms with E-state index in [2.05, 4.69) is 30.3 Å². The van der Waals surface area contributed by atoms with Gasteiger partial charge in [0.05, 0.1) is 25.5 Å². The van der Waals surface area contributed by atoms with Crippen molar-refractivity contribution in [3.05, 3.63) is 66.1 Å². The summed E-state index contributed by atoms with van der Waals surface area (Å²) >= 11 is 0. The fourth-order valence-corrected chi connectivity index (χ4v) is 2.82. The van der Waals surface area contributed by atoms with Crippen LogP contribution in [0.25, 0.3) is 11.3 Å². The highest BCUT2D eigenvalue weighted by Gasteiger charge is 2.12. The monoisotopic (exact) mass is 415 g/mol. The summed E-state index contributed by atoms with van der Waals surface area (Å²) < 4.78 is 35.1. The molecule has 0 atom stereocenters. The Bertz CT molecular complexity index is 977. The molecule has 7 nitrogen and oxygen atoms in total. The van der Waals surface area contributed by atoms with E-state index in [0.717, 1.165) is 17.1 Å². The zero-order valence-corrected chi connectivity index (χ0v) is 16.7. The van der Waals surface area contributed by atoms with Crippen LogP contribution in [-0.2, 0) is 13.1 Å². The molecule has 1 heterocycles. The van der Waals surface area contributed by atoms with E-state index in [1.807, 2.05) is 30.3 Å². The van der Waals surface area contributed by atoms with Gasteiger partial charge in [-0.3, -0.25) is 4.99 Å². The fourth-order valence-electron chi connectivity index (χ4n) is 2.82. The van der Waals surface area contributed by atoms with Gasteiger partial charge >= 0.3 is 6.61 Å². The predicted molar refractivity (Wildman–Crippen MR) is 111 cm³/mol. The largest absolute Gasteiger partial charge is 0.497 e. The quantitative estimate of drug-likeness (QED) is 0.387. The first-order valence-electron chi connectivity index (χ1n) is 9.24. The molecule has 0 amide bonds. The Morgan fingerprint density at radius 2 is 1.90 bits per heavy atom. The lowest BCUT2D eigenvalue weighted by atomic mass is 10.2. The van der Waals surface area contributed by atoms with Gasteiger partial charge < -0.3 is 25.1 Å². The minimum atomic E-state index is -2.91. The van der Waals surface area contributed by atoms with E-state index in [4.69, 9.17) is 4.74 Å². The molecule has 0 radical (unpaired) electrons. The van der Waals surface area contributed by atoms with Gasteiger partial charge in [-0.05, 0) is 23.8 Å².